The fraction of sp³-hybridized carbons (Fsp3) is 0.560. The Hall–Kier alpha value is -2.62. The topological polar surface area (TPSA) is 97.4 Å². The number of nitrogens with zero attached hydrogens (tertiary/aromatic N) is 5. The largest absolute Gasteiger partial charge is 0.390 e. The molecule has 1 fully saturated rings. The van der Waals surface area contributed by atoms with Gasteiger partial charge in [-0.15, -0.1) is 0 Å². The number of benzene rings is 1. The van der Waals surface area contributed by atoms with Crippen LogP contribution in [0.4, 0.5) is 17.5 Å². The van der Waals surface area contributed by atoms with Gasteiger partial charge in [0.25, 0.3) is 0 Å². The summed E-state index contributed by atoms with van der Waals surface area (Å²) in [5, 5.41) is 13.8. The van der Waals surface area contributed by atoms with Gasteiger partial charge in [-0.1, -0.05) is 11.6 Å². The lowest BCUT2D eigenvalue weighted by Crippen LogP contribution is -2.57. The summed E-state index contributed by atoms with van der Waals surface area (Å²) in [7, 11) is 1.75. The van der Waals surface area contributed by atoms with Crippen molar-refractivity contribution in [3.63, 3.8) is 0 Å². The van der Waals surface area contributed by atoms with Crippen LogP contribution in [0.5, 0.6) is 0 Å². The van der Waals surface area contributed by atoms with Crippen molar-refractivity contribution in [2.75, 3.05) is 23.3 Å². The molecule has 3 heterocycles. The summed E-state index contributed by atoms with van der Waals surface area (Å²) in [6.07, 6.45) is 2.05. The van der Waals surface area contributed by atoms with Gasteiger partial charge in [-0.2, -0.15) is 4.98 Å². The van der Waals surface area contributed by atoms with Gasteiger partial charge in [0.2, 0.25) is 5.95 Å². The van der Waals surface area contributed by atoms with Crippen molar-refractivity contribution in [1.82, 2.24) is 19.1 Å². The Labute approximate surface area is 210 Å². The van der Waals surface area contributed by atoms with Crippen molar-refractivity contribution in [1.29, 1.82) is 0 Å². The van der Waals surface area contributed by atoms with E-state index in [9.17, 15) is 9.90 Å². The van der Waals surface area contributed by atoms with Crippen LogP contribution in [-0.2, 0) is 18.3 Å². The first-order valence-electron chi connectivity index (χ1n) is 11.8. The molecule has 2 N–H and O–H groups in total. The molecule has 190 valence electrons. The average Bonchev–Trinajstić information content (AvgIpc) is 2.95. The van der Waals surface area contributed by atoms with E-state index >= 15 is 0 Å². The van der Waals surface area contributed by atoms with Gasteiger partial charge in [0.1, 0.15) is 5.02 Å². The number of ether oxygens (including phenoxy) is 1. The lowest BCUT2D eigenvalue weighted by atomic mass is 9.99. The van der Waals surface area contributed by atoms with E-state index in [4.69, 9.17) is 21.3 Å². The second kappa shape index (κ2) is 8.80. The maximum absolute atomic E-state index is 12.8. The number of morpholine rings is 1. The van der Waals surface area contributed by atoms with Crippen LogP contribution in [0.3, 0.4) is 0 Å². The van der Waals surface area contributed by atoms with E-state index in [-0.39, 0.29) is 16.9 Å². The standard InChI is InChI=1S/C25H35ClN6O3/c1-23(2,34)10-11-32-19-12-16(8-9-18(19)30(7)22(32)33)28-20-17(26)13-27-21(29-20)31-14-24(3,4)35-25(5,6)15-31/h8-9,12-13,34H,10-11,14-15H2,1-7H3,(H,27,28,29). The summed E-state index contributed by atoms with van der Waals surface area (Å²) >= 11 is 6.46. The Morgan fingerprint density at radius 3 is 2.46 bits per heavy atom. The molecule has 0 radical (unpaired) electrons. The number of imidazole rings is 1. The zero-order valence-corrected chi connectivity index (χ0v) is 22.3. The molecular weight excluding hydrogens is 468 g/mol. The van der Waals surface area contributed by atoms with Crippen molar-refractivity contribution in [3.05, 3.63) is 39.9 Å². The molecule has 1 saturated heterocycles. The Balaban J connectivity index is 1.66. The zero-order valence-electron chi connectivity index (χ0n) is 21.5. The van der Waals surface area contributed by atoms with Crippen LogP contribution < -0.4 is 15.9 Å². The predicted octanol–water partition coefficient (Wildman–Crippen LogP) is 4.08. The SMILES string of the molecule is Cn1c(=O)n(CCC(C)(C)O)c2cc(Nc3nc(N4CC(C)(C)OC(C)(C)C4)ncc3Cl)ccc21. The second-order valence-electron chi connectivity index (χ2n) is 11.2. The highest BCUT2D eigenvalue weighted by molar-refractivity contribution is 6.32. The highest BCUT2D eigenvalue weighted by atomic mass is 35.5. The third-order valence-electron chi connectivity index (χ3n) is 6.07. The normalized spacial score (nSPS) is 17.7. The lowest BCUT2D eigenvalue weighted by molar-refractivity contribution is -0.133. The minimum atomic E-state index is -0.870. The Morgan fingerprint density at radius 2 is 1.83 bits per heavy atom. The molecule has 0 unspecified atom stereocenters. The zero-order chi connectivity index (χ0) is 25.8. The van der Waals surface area contributed by atoms with Crippen molar-refractivity contribution in [3.8, 4) is 0 Å². The van der Waals surface area contributed by atoms with Crippen molar-refractivity contribution < 1.29 is 9.84 Å². The molecule has 0 saturated carbocycles. The molecule has 1 aliphatic rings. The van der Waals surface area contributed by atoms with Gasteiger partial charge in [0.15, 0.2) is 5.82 Å². The van der Waals surface area contributed by atoms with Gasteiger partial charge in [0, 0.05) is 32.4 Å². The molecule has 0 atom stereocenters. The fourth-order valence-electron chi connectivity index (χ4n) is 4.75. The van der Waals surface area contributed by atoms with Crippen molar-refractivity contribution >= 4 is 40.1 Å². The summed E-state index contributed by atoms with van der Waals surface area (Å²) in [4.78, 5) is 24.1. The summed E-state index contributed by atoms with van der Waals surface area (Å²) in [5.74, 6) is 1.06. The first-order chi connectivity index (χ1) is 16.1. The summed E-state index contributed by atoms with van der Waals surface area (Å²) in [6, 6.07) is 5.68. The highest BCUT2D eigenvalue weighted by Gasteiger charge is 2.39. The quantitative estimate of drug-likeness (QED) is 0.524. The number of aliphatic hydroxyl groups is 1. The fourth-order valence-corrected chi connectivity index (χ4v) is 4.89. The number of hydrogen-bond acceptors (Lipinski definition) is 7. The molecule has 35 heavy (non-hydrogen) atoms. The number of rotatable bonds is 6. The van der Waals surface area contributed by atoms with Crippen LogP contribution >= 0.6 is 11.6 Å². The minimum absolute atomic E-state index is 0.124. The second-order valence-corrected chi connectivity index (χ2v) is 11.6. The van der Waals surface area contributed by atoms with Gasteiger partial charge < -0.3 is 20.1 Å². The van der Waals surface area contributed by atoms with Crippen LogP contribution in [0.2, 0.25) is 5.02 Å². The number of nitrogens with one attached hydrogen (secondary N) is 1. The van der Waals surface area contributed by atoms with Crippen LogP contribution in [0.1, 0.15) is 48.0 Å². The summed E-state index contributed by atoms with van der Waals surface area (Å²) < 4.78 is 9.48. The molecule has 3 aromatic rings. The maximum Gasteiger partial charge on any atom is 0.328 e. The highest BCUT2D eigenvalue weighted by Crippen LogP contribution is 2.32. The third kappa shape index (κ3) is 5.63. The van der Waals surface area contributed by atoms with Gasteiger partial charge in [-0.25, -0.2) is 9.78 Å². The predicted molar refractivity (Wildman–Crippen MR) is 140 cm³/mol. The van der Waals surface area contributed by atoms with Crippen molar-refractivity contribution in [2.45, 2.75) is 71.3 Å². The number of fused-ring (bicyclic) bond motifs is 1. The lowest BCUT2D eigenvalue weighted by Gasteiger charge is -2.47. The number of hydrogen-bond donors (Lipinski definition) is 2. The summed E-state index contributed by atoms with van der Waals surface area (Å²) in [6.45, 7) is 13.4. The maximum atomic E-state index is 12.8. The monoisotopic (exact) mass is 502 g/mol. The van der Waals surface area contributed by atoms with Crippen LogP contribution in [-0.4, -0.2) is 54.1 Å². The van der Waals surface area contributed by atoms with Crippen molar-refractivity contribution in [2.24, 2.45) is 7.05 Å². The molecule has 0 aliphatic carbocycles. The Kier molecular flexibility index (Phi) is 6.40. The molecule has 4 rings (SSSR count). The molecule has 1 aromatic carbocycles. The third-order valence-corrected chi connectivity index (χ3v) is 6.34. The molecule has 1 aliphatic heterocycles. The van der Waals surface area contributed by atoms with Crippen LogP contribution in [0.15, 0.2) is 29.2 Å². The molecule has 9 nitrogen and oxygen atoms in total. The van der Waals surface area contributed by atoms with E-state index in [1.165, 1.54) is 0 Å². The van der Waals surface area contributed by atoms with Gasteiger partial charge in [0.05, 0.1) is 34.0 Å². The van der Waals surface area contributed by atoms with Crippen LogP contribution in [0.25, 0.3) is 11.0 Å². The Bertz CT molecular complexity index is 1290. The Morgan fingerprint density at radius 1 is 1.17 bits per heavy atom. The first kappa shape index (κ1) is 25.5. The van der Waals surface area contributed by atoms with Crippen LogP contribution in [0, 0.1) is 0 Å². The van der Waals surface area contributed by atoms with E-state index in [0.29, 0.717) is 42.8 Å². The van der Waals surface area contributed by atoms with E-state index in [0.717, 1.165) is 16.7 Å². The number of halogens is 1. The molecule has 0 amide bonds. The minimum Gasteiger partial charge on any atom is -0.390 e. The van der Waals surface area contributed by atoms with Gasteiger partial charge >= 0.3 is 5.69 Å². The van der Waals surface area contributed by atoms with Gasteiger partial charge in [-0.3, -0.25) is 9.13 Å². The first-order valence-corrected chi connectivity index (χ1v) is 12.2. The number of aromatic nitrogens is 4. The molecular formula is C25H35ClN6O3. The van der Waals surface area contributed by atoms with E-state index in [2.05, 4.69) is 42.9 Å². The van der Waals surface area contributed by atoms with E-state index in [1.54, 1.807) is 36.2 Å². The molecule has 2 aromatic heterocycles. The molecule has 10 heteroatoms. The van der Waals surface area contributed by atoms with E-state index < -0.39 is 5.60 Å². The molecule has 0 spiro atoms. The smallest absolute Gasteiger partial charge is 0.328 e. The summed E-state index contributed by atoms with van der Waals surface area (Å²) in [5.41, 5.74) is 0.644. The number of aryl methyl sites for hydroxylation is 2. The number of anilines is 3. The average molecular weight is 503 g/mol. The molecule has 0 bridgehead atoms. The van der Waals surface area contributed by atoms with Gasteiger partial charge in [-0.05, 0) is 66.2 Å². The van der Waals surface area contributed by atoms with E-state index in [1.807, 2.05) is 18.2 Å².